The van der Waals surface area contributed by atoms with Gasteiger partial charge < -0.3 is 19.5 Å². The van der Waals surface area contributed by atoms with E-state index in [4.69, 9.17) is 17.0 Å². The molecular formula is C25H23N5OS. The van der Waals surface area contributed by atoms with Gasteiger partial charge in [-0.15, -0.1) is 0 Å². The van der Waals surface area contributed by atoms with E-state index >= 15 is 0 Å². The van der Waals surface area contributed by atoms with Gasteiger partial charge in [-0.05, 0) is 78.4 Å². The molecule has 0 aliphatic carbocycles. The molecule has 5 rings (SSSR count). The van der Waals surface area contributed by atoms with Crippen LogP contribution in [-0.4, -0.2) is 31.7 Å². The Morgan fingerprint density at radius 1 is 0.969 bits per heavy atom. The molecule has 1 N–H and O–H groups in total. The summed E-state index contributed by atoms with van der Waals surface area (Å²) in [6.07, 6.45) is 7.53. The van der Waals surface area contributed by atoms with Gasteiger partial charge in [-0.3, -0.25) is 9.97 Å². The number of ether oxygens (including phenoxy) is 1. The molecule has 0 spiro atoms. The van der Waals surface area contributed by atoms with Gasteiger partial charge in [0.05, 0.1) is 24.9 Å². The second kappa shape index (κ2) is 8.80. The van der Waals surface area contributed by atoms with Gasteiger partial charge in [-0.2, -0.15) is 0 Å². The predicted octanol–water partition coefficient (Wildman–Crippen LogP) is 4.45. The van der Waals surface area contributed by atoms with Gasteiger partial charge in [0.15, 0.2) is 5.11 Å². The molecule has 0 radical (unpaired) electrons. The van der Waals surface area contributed by atoms with Gasteiger partial charge >= 0.3 is 0 Å². The summed E-state index contributed by atoms with van der Waals surface area (Å²) in [5.41, 5.74) is 4.30. The summed E-state index contributed by atoms with van der Waals surface area (Å²) in [5, 5.41) is 4.23. The number of rotatable bonds is 6. The zero-order valence-electron chi connectivity index (χ0n) is 17.6. The number of aromatic nitrogens is 3. The Morgan fingerprint density at radius 2 is 1.78 bits per heavy atom. The second-order valence-electron chi connectivity index (χ2n) is 7.61. The Balaban J connectivity index is 1.58. The molecule has 4 aromatic rings. The third kappa shape index (κ3) is 3.83. The molecule has 160 valence electrons. The fourth-order valence-corrected chi connectivity index (χ4v) is 4.50. The van der Waals surface area contributed by atoms with Crippen LogP contribution in [0.25, 0.3) is 5.69 Å². The maximum atomic E-state index is 5.81. The van der Waals surface area contributed by atoms with Crippen molar-refractivity contribution in [3.8, 4) is 11.4 Å². The zero-order valence-corrected chi connectivity index (χ0v) is 18.4. The lowest BCUT2D eigenvalue weighted by molar-refractivity contribution is 0.302. The number of pyridine rings is 2. The van der Waals surface area contributed by atoms with Gasteiger partial charge in [0.1, 0.15) is 5.75 Å². The van der Waals surface area contributed by atoms with Crippen LogP contribution in [0.15, 0.2) is 91.5 Å². The molecule has 7 heteroatoms. The topological polar surface area (TPSA) is 55.2 Å². The minimum absolute atomic E-state index is 0.0392. The molecule has 1 saturated heterocycles. The van der Waals surface area contributed by atoms with Crippen molar-refractivity contribution in [1.29, 1.82) is 0 Å². The maximum absolute atomic E-state index is 5.81. The predicted molar refractivity (Wildman–Crippen MR) is 128 cm³/mol. The molecule has 1 aromatic carbocycles. The van der Waals surface area contributed by atoms with Crippen LogP contribution in [0, 0.1) is 0 Å². The average Bonchev–Trinajstić information content (AvgIpc) is 3.45. The fourth-order valence-electron chi connectivity index (χ4n) is 4.20. The number of hydrogen-bond donors (Lipinski definition) is 1. The lowest BCUT2D eigenvalue weighted by Crippen LogP contribution is -2.30. The van der Waals surface area contributed by atoms with Crippen molar-refractivity contribution >= 4 is 17.3 Å². The van der Waals surface area contributed by atoms with E-state index in [9.17, 15) is 0 Å². The van der Waals surface area contributed by atoms with Crippen LogP contribution < -0.4 is 10.1 Å². The lowest BCUT2D eigenvalue weighted by Gasteiger charge is -2.29. The monoisotopic (exact) mass is 441 g/mol. The van der Waals surface area contributed by atoms with Gasteiger partial charge in [-0.1, -0.05) is 6.07 Å². The van der Waals surface area contributed by atoms with Crippen molar-refractivity contribution in [1.82, 2.24) is 24.8 Å². The first-order valence-electron chi connectivity index (χ1n) is 10.4. The van der Waals surface area contributed by atoms with Crippen LogP contribution in [-0.2, 0) is 6.54 Å². The molecule has 4 heterocycles. The Labute approximate surface area is 192 Å². The first-order chi connectivity index (χ1) is 15.7. The molecule has 0 unspecified atom stereocenters. The fraction of sp³-hybridized carbons (Fsp3) is 0.160. The summed E-state index contributed by atoms with van der Waals surface area (Å²) in [6.45, 7) is 0.677. The molecular weight excluding hydrogens is 418 g/mol. The first kappa shape index (κ1) is 20.2. The summed E-state index contributed by atoms with van der Waals surface area (Å²) < 4.78 is 7.53. The highest BCUT2D eigenvalue weighted by Crippen LogP contribution is 2.40. The Morgan fingerprint density at radius 3 is 2.50 bits per heavy atom. The molecule has 0 bridgehead atoms. The average molecular weight is 442 g/mol. The largest absolute Gasteiger partial charge is 0.497 e. The van der Waals surface area contributed by atoms with E-state index < -0.39 is 0 Å². The minimum Gasteiger partial charge on any atom is -0.497 e. The molecule has 32 heavy (non-hydrogen) atoms. The second-order valence-corrected chi connectivity index (χ2v) is 8.00. The molecule has 6 nitrogen and oxygen atoms in total. The van der Waals surface area contributed by atoms with Crippen molar-refractivity contribution in [2.75, 3.05) is 7.11 Å². The third-order valence-electron chi connectivity index (χ3n) is 5.73. The number of benzene rings is 1. The molecule has 3 aromatic heterocycles. The van der Waals surface area contributed by atoms with Gasteiger partial charge in [-0.25, -0.2) is 0 Å². The van der Waals surface area contributed by atoms with Crippen LogP contribution in [0.2, 0.25) is 0 Å². The van der Waals surface area contributed by atoms with Gasteiger partial charge in [0.25, 0.3) is 0 Å². The molecule has 0 saturated carbocycles. The van der Waals surface area contributed by atoms with E-state index in [2.05, 4.69) is 55.2 Å². The van der Waals surface area contributed by atoms with E-state index in [1.807, 2.05) is 61.1 Å². The molecule has 2 atom stereocenters. The van der Waals surface area contributed by atoms with Crippen LogP contribution in [0.1, 0.15) is 29.0 Å². The van der Waals surface area contributed by atoms with Crippen molar-refractivity contribution in [3.05, 3.63) is 108 Å². The highest BCUT2D eigenvalue weighted by molar-refractivity contribution is 7.80. The van der Waals surface area contributed by atoms with E-state index in [0.717, 1.165) is 28.4 Å². The van der Waals surface area contributed by atoms with E-state index in [1.165, 1.54) is 0 Å². The molecule has 0 amide bonds. The smallest absolute Gasteiger partial charge is 0.170 e. The van der Waals surface area contributed by atoms with Crippen molar-refractivity contribution in [3.63, 3.8) is 0 Å². The number of methoxy groups -OCH3 is 1. The third-order valence-corrected chi connectivity index (χ3v) is 6.09. The number of hydrogen-bond acceptors (Lipinski definition) is 4. The van der Waals surface area contributed by atoms with Crippen LogP contribution in [0.3, 0.4) is 0 Å². The quantitative estimate of drug-likeness (QED) is 0.446. The summed E-state index contributed by atoms with van der Waals surface area (Å²) in [6, 6.07) is 22.2. The SMILES string of the molecule is COc1ccc(-n2cccc2[C@H]2[C@@H](c3ccccn3)NC(=S)N2Cc2ccncc2)cc1. The van der Waals surface area contributed by atoms with E-state index in [-0.39, 0.29) is 12.1 Å². The normalized spacial score (nSPS) is 17.9. The standard InChI is InChI=1S/C25H23N5OS/c1-31-20-9-7-19(8-10-20)29-16-4-6-22(29)24-23(21-5-2-3-13-27-21)28-25(32)30(24)17-18-11-14-26-15-12-18/h2-16,23-24H,17H2,1H3,(H,28,32)/t23-,24+/m1/s1. The number of thiocarbonyl (C=S) groups is 1. The van der Waals surface area contributed by atoms with E-state index in [1.54, 1.807) is 7.11 Å². The molecule has 1 aliphatic rings. The summed E-state index contributed by atoms with van der Waals surface area (Å²) in [4.78, 5) is 11.0. The van der Waals surface area contributed by atoms with Gasteiger partial charge in [0, 0.05) is 42.7 Å². The highest BCUT2D eigenvalue weighted by atomic mass is 32.1. The van der Waals surface area contributed by atoms with Crippen LogP contribution in [0.4, 0.5) is 0 Å². The van der Waals surface area contributed by atoms with E-state index in [0.29, 0.717) is 11.7 Å². The Hall–Kier alpha value is -3.71. The summed E-state index contributed by atoms with van der Waals surface area (Å²) >= 11 is 5.81. The molecule has 1 fully saturated rings. The maximum Gasteiger partial charge on any atom is 0.170 e. The first-order valence-corrected chi connectivity index (χ1v) is 10.8. The lowest BCUT2D eigenvalue weighted by atomic mass is 10.0. The van der Waals surface area contributed by atoms with Gasteiger partial charge in [0.2, 0.25) is 0 Å². The van der Waals surface area contributed by atoms with Crippen molar-refractivity contribution in [2.45, 2.75) is 18.6 Å². The van der Waals surface area contributed by atoms with Crippen molar-refractivity contribution in [2.24, 2.45) is 0 Å². The minimum atomic E-state index is -0.0718. The Bertz CT molecular complexity index is 1190. The number of nitrogens with zero attached hydrogens (tertiary/aromatic N) is 4. The highest BCUT2D eigenvalue weighted by Gasteiger charge is 2.41. The van der Waals surface area contributed by atoms with Crippen LogP contribution in [0.5, 0.6) is 5.75 Å². The Kier molecular flexibility index (Phi) is 5.56. The molecule has 1 aliphatic heterocycles. The zero-order chi connectivity index (χ0) is 21.9. The number of nitrogens with one attached hydrogen (secondary N) is 1. The summed E-state index contributed by atoms with van der Waals surface area (Å²) in [7, 11) is 1.68. The van der Waals surface area contributed by atoms with Crippen LogP contribution >= 0.6 is 12.2 Å². The van der Waals surface area contributed by atoms with Crippen molar-refractivity contribution < 1.29 is 4.74 Å². The summed E-state index contributed by atoms with van der Waals surface area (Å²) in [5.74, 6) is 0.830.